The van der Waals surface area contributed by atoms with Crippen LogP contribution in [0.4, 0.5) is 0 Å². The van der Waals surface area contributed by atoms with Gasteiger partial charge in [0.1, 0.15) is 0 Å². The van der Waals surface area contributed by atoms with Crippen LogP contribution in [0.3, 0.4) is 0 Å². The molecule has 2 aromatic rings. The number of nitrogens with zero attached hydrogens (tertiary/aromatic N) is 3. The van der Waals surface area contributed by atoms with Crippen LogP contribution in [0, 0.1) is 0 Å². The van der Waals surface area contributed by atoms with Crippen LogP contribution in [0.25, 0.3) is 4.96 Å². The molecule has 0 aromatic carbocycles. The third-order valence-electron chi connectivity index (χ3n) is 1.43. The predicted octanol–water partition coefficient (Wildman–Crippen LogP) is 2.12. The topological polar surface area (TPSA) is 30.2 Å². The Balaban J connectivity index is 2.64. The van der Waals surface area contributed by atoms with E-state index in [0.717, 1.165) is 21.0 Å². The molecule has 0 unspecified atom stereocenters. The Labute approximate surface area is 76.2 Å². The highest BCUT2D eigenvalue weighted by Gasteiger charge is 2.03. The van der Waals surface area contributed by atoms with E-state index < -0.39 is 0 Å². The lowest BCUT2D eigenvalue weighted by Crippen LogP contribution is -1.79. The minimum absolute atomic E-state index is 0.877. The van der Waals surface area contributed by atoms with Gasteiger partial charge in [0.2, 0.25) is 4.96 Å². The van der Waals surface area contributed by atoms with E-state index in [2.05, 4.69) is 32.9 Å². The van der Waals surface area contributed by atoms with E-state index in [4.69, 9.17) is 0 Å². The molecule has 0 saturated heterocycles. The maximum atomic E-state index is 4.34. The van der Waals surface area contributed by atoms with Crippen molar-refractivity contribution in [3.63, 3.8) is 0 Å². The zero-order chi connectivity index (χ0) is 7.84. The molecule has 0 N–H and O–H groups in total. The Morgan fingerprint density at radius 1 is 1.73 bits per heavy atom. The van der Waals surface area contributed by atoms with Crippen LogP contribution in [-0.2, 0) is 6.42 Å². The van der Waals surface area contributed by atoms with E-state index >= 15 is 0 Å². The smallest absolute Gasteiger partial charge is 0.213 e. The molecule has 2 heterocycles. The van der Waals surface area contributed by atoms with Gasteiger partial charge in [-0.2, -0.15) is 0 Å². The summed E-state index contributed by atoms with van der Waals surface area (Å²) in [6, 6.07) is 0. The van der Waals surface area contributed by atoms with E-state index in [9.17, 15) is 0 Å². The van der Waals surface area contributed by atoms with Crippen molar-refractivity contribution in [2.75, 3.05) is 0 Å². The average Bonchev–Trinajstić information content (AvgIpc) is 2.43. The second kappa shape index (κ2) is 2.57. The van der Waals surface area contributed by atoms with E-state index in [1.807, 2.05) is 6.20 Å². The largest absolute Gasteiger partial charge is 0.223 e. The van der Waals surface area contributed by atoms with Gasteiger partial charge < -0.3 is 0 Å². The van der Waals surface area contributed by atoms with Gasteiger partial charge in [-0.25, -0.2) is 9.50 Å². The molecular formula is C6H6BrN3S. The Morgan fingerprint density at radius 2 is 2.55 bits per heavy atom. The average molecular weight is 232 g/mol. The zero-order valence-corrected chi connectivity index (χ0v) is 8.31. The number of hydrogen-bond donors (Lipinski definition) is 0. The van der Waals surface area contributed by atoms with E-state index in [0.29, 0.717) is 0 Å². The first-order chi connectivity index (χ1) is 5.29. The SMILES string of the molecule is CCc1cn2nc(Br)sc2n1. The fraction of sp³-hybridized carbons (Fsp3) is 0.333. The standard InChI is InChI=1S/C6H6BrN3S/c1-2-4-3-10-6(8-4)11-5(7)9-10/h3H,2H2,1H3. The number of fused-ring (bicyclic) bond motifs is 1. The molecule has 0 saturated carbocycles. The molecule has 3 nitrogen and oxygen atoms in total. The van der Waals surface area contributed by atoms with Crippen molar-refractivity contribution in [3.8, 4) is 0 Å². The van der Waals surface area contributed by atoms with Crippen LogP contribution in [-0.4, -0.2) is 14.6 Å². The molecule has 5 heteroatoms. The van der Waals surface area contributed by atoms with Crippen molar-refractivity contribution in [2.24, 2.45) is 0 Å². The van der Waals surface area contributed by atoms with Crippen molar-refractivity contribution >= 4 is 32.2 Å². The summed E-state index contributed by atoms with van der Waals surface area (Å²) in [4.78, 5) is 5.29. The second-order valence-corrected chi connectivity index (χ2v) is 4.40. The van der Waals surface area contributed by atoms with Gasteiger partial charge in [0.15, 0.2) is 3.92 Å². The van der Waals surface area contributed by atoms with E-state index in [1.54, 1.807) is 15.9 Å². The summed E-state index contributed by atoms with van der Waals surface area (Å²) in [5.41, 5.74) is 1.09. The zero-order valence-electron chi connectivity index (χ0n) is 5.91. The number of rotatable bonds is 1. The van der Waals surface area contributed by atoms with Gasteiger partial charge in [0.05, 0.1) is 11.9 Å². The molecule has 0 aliphatic rings. The molecule has 0 aliphatic carbocycles. The lowest BCUT2D eigenvalue weighted by Gasteiger charge is -1.79. The first-order valence-electron chi connectivity index (χ1n) is 3.30. The summed E-state index contributed by atoms with van der Waals surface area (Å²) in [7, 11) is 0. The van der Waals surface area contributed by atoms with Gasteiger partial charge in [-0.1, -0.05) is 18.3 Å². The summed E-state index contributed by atoms with van der Waals surface area (Å²) in [6.45, 7) is 2.08. The van der Waals surface area contributed by atoms with Gasteiger partial charge in [0.25, 0.3) is 0 Å². The molecule has 0 atom stereocenters. The normalized spacial score (nSPS) is 11.1. The van der Waals surface area contributed by atoms with E-state index in [1.165, 1.54) is 0 Å². The predicted molar refractivity (Wildman–Crippen MR) is 47.9 cm³/mol. The Morgan fingerprint density at radius 3 is 3.18 bits per heavy atom. The number of halogens is 1. The quantitative estimate of drug-likeness (QED) is 0.753. The fourth-order valence-electron chi connectivity index (χ4n) is 0.891. The first-order valence-corrected chi connectivity index (χ1v) is 4.91. The fourth-order valence-corrected chi connectivity index (χ4v) is 2.13. The van der Waals surface area contributed by atoms with Crippen molar-refractivity contribution in [3.05, 3.63) is 15.8 Å². The van der Waals surface area contributed by atoms with Gasteiger partial charge in [0, 0.05) is 0 Å². The van der Waals surface area contributed by atoms with Gasteiger partial charge >= 0.3 is 0 Å². The van der Waals surface area contributed by atoms with Crippen LogP contribution in [0.15, 0.2) is 10.1 Å². The Hall–Kier alpha value is -0.420. The summed E-state index contributed by atoms with van der Waals surface area (Å²) >= 11 is 4.84. The van der Waals surface area contributed by atoms with Crippen LogP contribution < -0.4 is 0 Å². The number of aromatic nitrogens is 3. The highest BCUT2D eigenvalue weighted by Crippen LogP contribution is 2.19. The highest BCUT2D eigenvalue weighted by molar-refractivity contribution is 9.11. The Bertz CT molecular complexity index is 346. The summed E-state index contributed by atoms with van der Waals surface area (Å²) in [5.74, 6) is 0. The lowest BCUT2D eigenvalue weighted by atomic mass is 10.4. The molecule has 0 spiro atoms. The van der Waals surface area contributed by atoms with Crippen LogP contribution in [0.5, 0.6) is 0 Å². The highest BCUT2D eigenvalue weighted by atomic mass is 79.9. The number of aryl methyl sites for hydroxylation is 1. The minimum Gasteiger partial charge on any atom is -0.223 e. The van der Waals surface area contributed by atoms with Crippen molar-refractivity contribution in [1.29, 1.82) is 0 Å². The summed E-state index contributed by atoms with van der Waals surface area (Å²) in [6.07, 6.45) is 2.92. The molecule has 11 heavy (non-hydrogen) atoms. The van der Waals surface area contributed by atoms with Gasteiger partial charge in [-0.05, 0) is 22.4 Å². The number of hydrogen-bond acceptors (Lipinski definition) is 3. The van der Waals surface area contributed by atoms with Crippen LogP contribution >= 0.6 is 27.3 Å². The second-order valence-electron chi connectivity index (χ2n) is 2.17. The van der Waals surface area contributed by atoms with Crippen molar-refractivity contribution in [1.82, 2.24) is 14.6 Å². The molecular weight excluding hydrogens is 226 g/mol. The molecule has 0 aliphatic heterocycles. The van der Waals surface area contributed by atoms with Crippen LogP contribution in [0.2, 0.25) is 0 Å². The van der Waals surface area contributed by atoms with Crippen molar-refractivity contribution in [2.45, 2.75) is 13.3 Å². The molecule has 58 valence electrons. The monoisotopic (exact) mass is 231 g/mol. The Kier molecular flexibility index (Phi) is 1.69. The van der Waals surface area contributed by atoms with Crippen LogP contribution in [0.1, 0.15) is 12.6 Å². The van der Waals surface area contributed by atoms with Gasteiger partial charge in [-0.15, -0.1) is 5.10 Å². The maximum Gasteiger partial charge on any atom is 0.213 e. The third kappa shape index (κ3) is 1.18. The summed E-state index contributed by atoms with van der Waals surface area (Å²) in [5, 5.41) is 4.17. The molecule has 2 aromatic heterocycles. The number of imidazole rings is 1. The minimum atomic E-state index is 0.877. The maximum absolute atomic E-state index is 4.34. The first kappa shape index (κ1) is 7.24. The third-order valence-corrected chi connectivity index (χ3v) is 2.79. The van der Waals surface area contributed by atoms with Crippen molar-refractivity contribution < 1.29 is 0 Å². The molecule has 2 rings (SSSR count). The lowest BCUT2D eigenvalue weighted by molar-refractivity contribution is 0.950. The molecule has 0 radical (unpaired) electrons. The summed E-state index contributed by atoms with van der Waals surface area (Å²) < 4.78 is 2.68. The molecule has 0 fully saturated rings. The van der Waals surface area contributed by atoms with Gasteiger partial charge in [-0.3, -0.25) is 0 Å². The molecule has 0 bridgehead atoms. The molecule has 0 amide bonds. The van der Waals surface area contributed by atoms with E-state index in [-0.39, 0.29) is 0 Å².